The molecule has 0 atom stereocenters. The van der Waals surface area contributed by atoms with E-state index in [1.165, 1.54) is 37.1 Å². The van der Waals surface area contributed by atoms with Crippen molar-refractivity contribution in [2.75, 3.05) is 0 Å². The topological polar surface area (TPSA) is 75.7 Å². The van der Waals surface area contributed by atoms with Gasteiger partial charge < -0.3 is 4.98 Å². The maximum Gasteiger partial charge on any atom is 0.251 e. The van der Waals surface area contributed by atoms with Gasteiger partial charge in [-0.15, -0.1) is 0 Å². The second-order valence-corrected chi connectivity index (χ2v) is 4.29. The van der Waals surface area contributed by atoms with Gasteiger partial charge in [-0.25, -0.2) is 9.97 Å². The molecule has 0 aliphatic rings. The number of nitrogens with zero attached hydrogens (tertiary/aromatic N) is 2. The van der Waals surface area contributed by atoms with Gasteiger partial charge in [-0.1, -0.05) is 0 Å². The predicted octanol–water partition coefficient (Wildman–Crippen LogP) is 1.52. The standard InChI is InChI=1S/C11H9N3O2S/c1-7(15)8-2-3-10(13-6-8)17-11-12-5-4-9(16)14-11/h2-6H,1H3,(H,12,14,16). The molecule has 0 fully saturated rings. The number of aromatic nitrogens is 3. The lowest BCUT2D eigenvalue weighted by atomic mass is 10.2. The lowest BCUT2D eigenvalue weighted by molar-refractivity contribution is 0.101. The third kappa shape index (κ3) is 3.01. The largest absolute Gasteiger partial charge is 0.301 e. The van der Waals surface area contributed by atoms with Crippen LogP contribution in [0.5, 0.6) is 0 Å². The molecule has 0 saturated heterocycles. The monoisotopic (exact) mass is 247 g/mol. The summed E-state index contributed by atoms with van der Waals surface area (Å²) in [5, 5.41) is 1.14. The number of carbonyl (C=O) groups is 1. The van der Waals surface area contributed by atoms with Crippen LogP contribution in [0.3, 0.4) is 0 Å². The summed E-state index contributed by atoms with van der Waals surface area (Å²) in [6.45, 7) is 1.49. The average Bonchev–Trinajstić information content (AvgIpc) is 2.29. The van der Waals surface area contributed by atoms with Crippen LogP contribution in [0, 0.1) is 0 Å². The molecule has 0 saturated carbocycles. The van der Waals surface area contributed by atoms with E-state index in [0.29, 0.717) is 15.7 Å². The normalized spacial score (nSPS) is 10.2. The number of aromatic amines is 1. The van der Waals surface area contributed by atoms with Crippen molar-refractivity contribution in [1.29, 1.82) is 0 Å². The first-order valence-electron chi connectivity index (χ1n) is 4.85. The maximum absolute atomic E-state index is 11.1. The molecular weight excluding hydrogens is 238 g/mol. The Morgan fingerprint density at radius 3 is 2.71 bits per heavy atom. The first-order chi connectivity index (χ1) is 8.15. The van der Waals surface area contributed by atoms with E-state index >= 15 is 0 Å². The second kappa shape index (κ2) is 4.92. The molecule has 2 aromatic heterocycles. The van der Waals surface area contributed by atoms with Gasteiger partial charge in [0.25, 0.3) is 5.56 Å². The molecule has 17 heavy (non-hydrogen) atoms. The molecule has 2 aromatic rings. The average molecular weight is 247 g/mol. The Hall–Kier alpha value is -1.95. The van der Waals surface area contributed by atoms with Crippen molar-refractivity contribution in [3.8, 4) is 0 Å². The molecule has 0 aromatic carbocycles. The van der Waals surface area contributed by atoms with E-state index in [0.717, 1.165) is 0 Å². The Kier molecular flexibility index (Phi) is 3.34. The summed E-state index contributed by atoms with van der Waals surface area (Å²) in [5.41, 5.74) is 0.353. The quantitative estimate of drug-likeness (QED) is 0.657. The number of hydrogen-bond donors (Lipinski definition) is 1. The molecule has 5 nitrogen and oxygen atoms in total. The SMILES string of the molecule is CC(=O)c1ccc(Sc2nccc(=O)[nH]2)nc1. The molecule has 0 amide bonds. The number of ketones is 1. The van der Waals surface area contributed by atoms with E-state index in [1.54, 1.807) is 12.1 Å². The molecule has 0 aliphatic heterocycles. The van der Waals surface area contributed by atoms with Gasteiger partial charge in [-0.2, -0.15) is 0 Å². The van der Waals surface area contributed by atoms with Crippen LogP contribution in [-0.4, -0.2) is 20.7 Å². The van der Waals surface area contributed by atoms with E-state index in [2.05, 4.69) is 15.0 Å². The fourth-order valence-corrected chi connectivity index (χ4v) is 1.86. The number of hydrogen-bond acceptors (Lipinski definition) is 5. The zero-order chi connectivity index (χ0) is 12.3. The van der Waals surface area contributed by atoms with Crippen molar-refractivity contribution in [1.82, 2.24) is 15.0 Å². The van der Waals surface area contributed by atoms with Crippen LogP contribution in [0.15, 0.2) is 45.6 Å². The van der Waals surface area contributed by atoms with Crippen LogP contribution in [0.4, 0.5) is 0 Å². The van der Waals surface area contributed by atoms with Crippen molar-refractivity contribution < 1.29 is 4.79 Å². The number of nitrogens with one attached hydrogen (secondary N) is 1. The van der Waals surface area contributed by atoms with Gasteiger partial charge in [-0.05, 0) is 30.8 Å². The van der Waals surface area contributed by atoms with Gasteiger partial charge >= 0.3 is 0 Å². The zero-order valence-electron chi connectivity index (χ0n) is 9.01. The highest BCUT2D eigenvalue weighted by atomic mass is 32.2. The summed E-state index contributed by atoms with van der Waals surface area (Å²) in [5.74, 6) is -0.0275. The highest BCUT2D eigenvalue weighted by Gasteiger charge is 2.03. The Bertz CT molecular complexity index is 592. The summed E-state index contributed by atoms with van der Waals surface area (Å²) < 4.78 is 0. The van der Waals surface area contributed by atoms with Crippen LogP contribution < -0.4 is 5.56 Å². The smallest absolute Gasteiger partial charge is 0.251 e. The van der Waals surface area contributed by atoms with Crippen molar-refractivity contribution in [2.24, 2.45) is 0 Å². The molecule has 86 valence electrons. The summed E-state index contributed by atoms with van der Waals surface area (Å²) in [4.78, 5) is 32.8. The number of carbonyl (C=O) groups excluding carboxylic acids is 1. The molecule has 0 radical (unpaired) electrons. The third-order valence-corrected chi connectivity index (χ3v) is 2.84. The molecule has 0 aliphatic carbocycles. The Morgan fingerprint density at radius 2 is 2.12 bits per heavy atom. The fraction of sp³-hybridized carbons (Fsp3) is 0.0909. The van der Waals surface area contributed by atoms with Gasteiger partial charge in [0.1, 0.15) is 5.03 Å². The zero-order valence-corrected chi connectivity index (χ0v) is 9.82. The van der Waals surface area contributed by atoms with Crippen molar-refractivity contribution in [2.45, 2.75) is 17.1 Å². The molecular formula is C11H9N3O2S. The van der Waals surface area contributed by atoms with Gasteiger partial charge in [0.05, 0.1) is 0 Å². The molecule has 0 spiro atoms. The van der Waals surface area contributed by atoms with Crippen molar-refractivity contribution >= 4 is 17.5 Å². The van der Waals surface area contributed by atoms with Gasteiger partial charge in [0.15, 0.2) is 10.9 Å². The number of pyridine rings is 1. The highest BCUT2D eigenvalue weighted by molar-refractivity contribution is 7.99. The van der Waals surface area contributed by atoms with Crippen LogP contribution >= 0.6 is 11.8 Å². The van der Waals surface area contributed by atoms with E-state index in [-0.39, 0.29) is 11.3 Å². The van der Waals surface area contributed by atoms with Gasteiger partial charge in [-0.3, -0.25) is 9.59 Å². The fourth-order valence-electron chi connectivity index (χ4n) is 1.15. The Morgan fingerprint density at radius 1 is 1.29 bits per heavy atom. The number of H-pyrrole nitrogens is 1. The summed E-state index contributed by atoms with van der Waals surface area (Å²) in [7, 11) is 0. The summed E-state index contributed by atoms with van der Waals surface area (Å²) >= 11 is 1.23. The second-order valence-electron chi connectivity index (χ2n) is 3.28. The first-order valence-corrected chi connectivity index (χ1v) is 5.67. The number of Topliss-reactive ketones (excluding diaryl/α,β-unsaturated/α-hetero) is 1. The van der Waals surface area contributed by atoms with Crippen LogP contribution in [-0.2, 0) is 0 Å². The molecule has 0 unspecified atom stereocenters. The molecule has 2 rings (SSSR count). The Labute approximate surface area is 101 Å². The van der Waals surface area contributed by atoms with Crippen LogP contribution in [0.1, 0.15) is 17.3 Å². The van der Waals surface area contributed by atoms with E-state index < -0.39 is 0 Å². The predicted molar refractivity (Wildman–Crippen MR) is 63.2 cm³/mol. The molecule has 2 heterocycles. The minimum absolute atomic E-state index is 0.0275. The highest BCUT2D eigenvalue weighted by Crippen LogP contribution is 2.21. The summed E-state index contributed by atoms with van der Waals surface area (Å²) in [6, 6.07) is 4.75. The van der Waals surface area contributed by atoms with Crippen molar-refractivity contribution in [3.05, 3.63) is 46.5 Å². The van der Waals surface area contributed by atoms with E-state index in [1.807, 2.05) is 0 Å². The number of rotatable bonds is 3. The molecule has 1 N–H and O–H groups in total. The molecule has 0 bridgehead atoms. The van der Waals surface area contributed by atoms with Gasteiger partial charge in [0.2, 0.25) is 0 Å². The lowest BCUT2D eigenvalue weighted by Crippen LogP contribution is -2.05. The minimum Gasteiger partial charge on any atom is -0.301 e. The minimum atomic E-state index is -0.206. The summed E-state index contributed by atoms with van der Waals surface area (Å²) in [6.07, 6.45) is 2.94. The van der Waals surface area contributed by atoms with Gasteiger partial charge in [0, 0.05) is 24.0 Å². The van der Waals surface area contributed by atoms with E-state index in [9.17, 15) is 9.59 Å². The van der Waals surface area contributed by atoms with Crippen molar-refractivity contribution in [3.63, 3.8) is 0 Å². The van der Waals surface area contributed by atoms with E-state index in [4.69, 9.17) is 0 Å². The maximum atomic E-state index is 11.1. The lowest BCUT2D eigenvalue weighted by Gasteiger charge is -2.00. The Balaban J connectivity index is 2.19. The van der Waals surface area contributed by atoms with Crippen LogP contribution in [0.25, 0.3) is 0 Å². The van der Waals surface area contributed by atoms with Crippen LogP contribution in [0.2, 0.25) is 0 Å². The first kappa shape index (κ1) is 11.5. The molecule has 6 heteroatoms. The third-order valence-electron chi connectivity index (χ3n) is 1.99.